The molecule has 0 radical (unpaired) electrons. The van der Waals surface area contributed by atoms with Crippen molar-refractivity contribution in [2.75, 3.05) is 13.7 Å². The third kappa shape index (κ3) is 1.86. The number of benzene rings is 1. The molecule has 1 fully saturated rings. The van der Waals surface area contributed by atoms with E-state index in [0.717, 1.165) is 10.8 Å². The van der Waals surface area contributed by atoms with Crippen LogP contribution >= 0.6 is 11.6 Å². The Kier molecular flexibility index (Phi) is 2.94. The highest BCUT2D eigenvalue weighted by atomic mass is 35.5. The highest BCUT2D eigenvalue weighted by molar-refractivity contribution is 6.30. The zero-order valence-corrected chi connectivity index (χ0v) is 9.05. The molecular formula is C11H15ClNO+. The van der Waals surface area contributed by atoms with Crippen molar-refractivity contribution in [3.05, 3.63) is 28.8 Å². The average molecular weight is 213 g/mol. The second-order valence-corrected chi connectivity index (χ2v) is 4.10. The van der Waals surface area contributed by atoms with Crippen LogP contribution in [0.25, 0.3) is 0 Å². The maximum atomic E-state index is 5.98. The van der Waals surface area contributed by atoms with Crippen molar-refractivity contribution >= 4 is 11.6 Å². The van der Waals surface area contributed by atoms with Gasteiger partial charge in [-0.05, 0) is 18.2 Å². The van der Waals surface area contributed by atoms with Crippen LogP contribution in [-0.4, -0.2) is 13.7 Å². The van der Waals surface area contributed by atoms with Crippen LogP contribution in [0.15, 0.2) is 18.2 Å². The van der Waals surface area contributed by atoms with E-state index in [0.29, 0.717) is 6.04 Å². The Labute approximate surface area is 89.2 Å². The summed E-state index contributed by atoms with van der Waals surface area (Å²) in [5.74, 6) is 0.956. The highest BCUT2D eigenvalue weighted by Crippen LogP contribution is 2.29. The number of nitrogens with two attached hydrogens (primary N) is 1. The number of hydrogen-bond acceptors (Lipinski definition) is 1. The van der Waals surface area contributed by atoms with Gasteiger partial charge in [-0.1, -0.05) is 11.6 Å². The summed E-state index contributed by atoms with van der Waals surface area (Å²) in [6.45, 7) is 1.21. The topological polar surface area (TPSA) is 25.8 Å². The first-order valence-corrected chi connectivity index (χ1v) is 5.36. The monoisotopic (exact) mass is 212 g/mol. The highest BCUT2D eigenvalue weighted by Gasteiger charge is 2.23. The fourth-order valence-electron chi connectivity index (χ4n) is 2.05. The van der Waals surface area contributed by atoms with Crippen molar-refractivity contribution in [2.45, 2.75) is 18.9 Å². The van der Waals surface area contributed by atoms with Crippen LogP contribution < -0.4 is 10.1 Å². The van der Waals surface area contributed by atoms with Crippen molar-refractivity contribution in [2.24, 2.45) is 0 Å². The molecule has 1 aliphatic heterocycles. The molecule has 2 rings (SSSR count). The van der Waals surface area contributed by atoms with Crippen molar-refractivity contribution in [1.29, 1.82) is 0 Å². The maximum absolute atomic E-state index is 5.98. The maximum Gasteiger partial charge on any atom is 0.128 e. The van der Waals surface area contributed by atoms with Crippen LogP contribution in [-0.2, 0) is 0 Å². The largest absolute Gasteiger partial charge is 0.496 e. The van der Waals surface area contributed by atoms with Gasteiger partial charge < -0.3 is 10.1 Å². The zero-order chi connectivity index (χ0) is 9.97. The van der Waals surface area contributed by atoms with Gasteiger partial charge in [0.25, 0.3) is 0 Å². The van der Waals surface area contributed by atoms with Gasteiger partial charge in [0.2, 0.25) is 0 Å². The fraction of sp³-hybridized carbons (Fsp3) is 0.455. The first-order valence-electron chi connectivity index (χ1n) is 4.98. The second kappa shape index (κ2) is 4.20. The summed E-state index contributed by atoms with van der Waals surface area (Å²) in [6.07, 6.45) is 2.50. The zero-order valence-electron chi connectivity index (χ0n) is 8.29. The van der Waals surface area contributed by atoms with Gasteiger partial charge >= 0.3 is 0 Å². The minimum atomic E-state index is 0.531. The van der Waals surface area contributed by atoms with Crippen LogP contribution in [0, 0.1) is 0 Å². The molecule has 0 bridgehead atoms. The summed E-state index contributed by atoms with van der Waals surface area (Å²) in [5.41, 5.74) is 1.23. The van der Waals surface area contributed by atoms with E-state index in [1.807, 2.05) is 18.2 Å². The molecular weight excluding hydrogens is 198 g/mol. The molecule has 1 aliphatic rings. The summed E-state index contributed by atoms with van der Waals surface area (Å²) in [4.78, 5) is 0. The lowest BCUT2D eigenvalue weighted by Crippen LogP contribution is -2.81. The third-order valence-electron chi connectivity index (χ3n) is 2.76. The van der Waals surface area contributed by atoms with Crippen molar-refractivity contribution in [3.8, 4) is 5.75 Å². The van der Waals surface area contributed by atoms with Crippen molar-refractivity contribution in [3.63, 3.8) is 0 Å². The van der Waals surface area contributed by atoms with E-state index in [4.69, 9.17) is 16.3 Å². The molecule has 2 N–H and O–H groups in total. The summed E-state index contributed by atoms with van der Waals surface area (Å²) < 4.78 is 5.33. The standard InChI is InChI=1S/C11H14ClNO/c1-14-11-5-4-8(12)7-9(11)10-3-2-6-13-10/h4-5,7,10,13H,2-3,6H2,1H3/p+1/t10-/m1/s1. The molecule has 1 atom stereocenters. The Hall–Kier alpha value is -0.730. The van der Waals surface area contributed by atoms with Gasteiger partial charge in [0.15, 0.2) is 0 Å². The van der Waals surface area contributed by atoms with Gasteiger partial charge in [0.1, 0.15) is 11.8 Å². The number of halogens is 1. The molecule has 1 saturated heterocycles. The molecule has 76 valence electrons. The summed E-state index contributed by atoms with van der Waals surface area (Å²) in [7, 11) is 1.71. The molecule has 1 aromatic rings. The molecule has 0 saturated carbocycles. The van der Waals surface area contributed by atoms with E-state index < -0.39 is 0 Å². The fourth-order valence-corrected chi connectivity index (χ4v) is 2.23. The molecule has 3 heteroatoms. The van der Waals surface area contributed by atoms with Crippen LogP contribution in [0.5, 0.6) is 5.75 Å². The van der Waals surface area contributed by atoms with E-state index in [1.165, 1.54) is 24.9 Å². The summed E-state index contributed by atoms with van der Waals surface area (Å²) >= 11 is 5.98. The van der Waals surface area contributed by atoms with E-state index >= 15 is 0 Å². The number of hydrogen-bond donors (Lipinski definition) is 1. The number of quaternary nitrogens is 1. The van der Waals surface area contributed by atoms with E-state index in [9.17, 15) is 0 Å². The molecule has 0 amide bonds. The average Bonchev–Trinajstić information content (AvgIpc) is 2.70. The summed E-state index contributed by atoms with van der Waals surface area (Å²) in [5, 5.41) is 3.15. The van der Waals surface area contributed by atoms with Crippen LogP contribution in [0.3, 0.4) is 0 Å². The van der Waals surface area contributed by atoms with Crippen molar-refractivity contribution in [1.82, 2.24) is 0 Å². The van der Waals surface area contributed by atoms with Gasteiger partial charge in [0, 0.05) is 17.9 Å². The van der Waals surface area contributed by atoms with E-state index in [-0.39, 0.29) is 0 Å². The minimum Gasteiger partial charge on any atom is -0.496 e. The molecule has 0 aliphatic carbocycles. The Bertz CT molecular complexity index is 321. The van der Waals surface area contributed by atoms with E-state index in [1.54, 1.807) is 7.11 Å². The summed E-state index contributed by atoms with van der Waals surface area (Å²) in [6, 6.07) is 6.37. The van der Waals surface area contributed by atoms with E-state index in [2.05, 4.69) is 5.32 Å². The second-order valence-electron chi connectivity index (χ2n) is 3.66. The molecule has 0 aromatic heterocycles. The Morgan fingerprint density at radius 1 is 1.50 bits per heavy atom. The first kappa shape index (κ1) is 9.81. The van der Waals surface area contributed by atoms with Crippen LogP contribution in [0.1, 0.15) is 24.4 Å². The molecule has 2 nitrogen and oxygen atoms in total. The predicted molar refractivity (Wildman–Crippen MR) is 56.8 cm³/mol. The number of rotatable bonds is 2. The normalized spacial score (nSPS) is 21.1. The molecule has 1 aromatic carbocycles. The van der Waals surface area contributed by atoms with Gasteiger partial charge in [-0.3, -0.25) is 0 Å². The minimum absolute atomic E-state index is 0.531. The lowest BCUT2D eigenvalue weighted by Gasteiger charge is -2.12. The van der Waals surface area contributed by atoms with Crippen molar-refractivity contribution < 1.29 is 10.1 Å². The van der Waals surface area contributed by atoms with Gasteiger partial charge in [-0.2, -0.15) is 0 Å². The third-order valence-corrected chi connectivity index (χ3v) is 3.00. The lowest BCUT2D eigenvalue weighted by molar-refractivity contribution is -0.676. The van der Waals surface area contributed by atoms with Crippen LogP contribution in [0.2, 0.25) is 5.02 Å². The Balaban J connectivity index is 2.33. The Morgan fingerprint density at radius 3 is 3.00 bits per heavy atom. The predicted octanol–water partition coefficient (Wildman–Crippen LogP) is 1.75. The SMILES string of the molecule is COc1ccc(Cl)cc1[C@H]1CCC[NH2+]1. The molecule has 1 heterocycles. The molecule has 14 heavy (non-hydrogen) atoms. The van der Waals surface area contributed by atoms with Gasteiger partial charge in [-0.25, -0.2) is 0 Å². The number of methoxy groups -OCH3 is 1. The smallest absolute Gasteiger partial charge is 0.128 e. The van der Waals surface area contributed by atoms with Gasteiger partial charge in [-0.15, -0.1) is 0 Å². The number of ether oxygens (including phenoxy) is 1. The van der Waals surface area contributed by atoms with Gasteiger partial charge in [0.05, 0.1) is 19.2 Å². The Morgan fingerprint density at radius 2 is 2.36 bits per heavy atom. The van der Waals surface area contributed by atoms with Crippen LogP contribution in [0.4, 0.5) is 0 Å². The lowest BCUT2D eigenvalue weighted by atomic mass is 10.0. The first-order chi connectivity index (χ1) is 6.81. The molecule has 0 spiro atoms. The molecule has 0 unspecified atom stereocenters. The quantitative estimate of drug-likeness (QED) is 0.794.